The fourth-order valence-electron chi connectivity index (χ4n) is 1.79. The lowest BCUT2D eigenvalue weighted by molar-refractivity contribution is 0.189. The first-order chi connectivity index (χ1) is 9.08. The SMILES string of the molecule is Cc1cccnc1COc1cc(F)ccc1[C@H](C)O. The molecule has 0 aliphatic carbocycles. The summed E-state index contributed by atoms with van der Waals surface area (Å²) in [7, 11) is 0. The molecular formula is C15H16FNO2. The van der Waals surface area contributed by atoms with Gasteiger partial charge in [-0.05, 0) is 37.6 Å². The van der Waals surface area contributed by atoms with E-state index in [0.717, 1.165) is 11.3 Å². The molecule has 100 valence electrons. The highest BCUT2D eigenvalue weighted by atomic mass is 19.1. The van der Waals surface area contributed by atoms with Gasteiger partial charge in [0.05, 0.1) is 11.8 Å². The van der Waals surface area contributed by atoms with Gasteiger partial charge in [0.1, 0.15) is 18.2 Å². The Labute approximate surface area is 111 Å². The molecule has 0 aliphatic heterocycles. The number of hydrogen-bond donors (Lipinski definition) is 1. The van der Waals surface area contributed by atoms with Crippen LogP contribution in [0.2, 0.25) is 0 Å². The first-order valence-electron chi connectivity index (χ1n) is 6.08. The molecule has 1 atom stereocenters. The summed E-state index contributed by atoms with van der Waals surface area (Å²) in [5.74, 6) is -0.0443. The summed E-state index contributed by atoms with van der Waals surface area (Å²) in [5, 5.41) is 9.63. The van der Waals surface area contributed by atoms with Gasteiger partial charge in [0, 0.05) is 17.8 Å². The van der Waals surface area contributed by atoms with Gasteiger partial charge >= 0.3 is 0 Å². The molecule has 0 radical (unpaired) electrons. The average Bonchev–Trinajstić information content (AvgIpc) is 2.37. The van der Waals surface area contributed by atoms with E-state index in [2.05, 4.69) is 4.98 Å². The third-order valence-electron chi connectivity index (χ3n) is 2.91. The van der Waals surface area contributed by atoms with Crippen LogP contribution in [0.1, 0.15) is 29.8 Å². The summed E-state index contributed by atoms with van der Waals surface area (Å²) in [6.07, 6.45) is 0.979. The van der Waals surface area contributed by atoms with E-state index in [-0.39, 0.29) is 6.61 Å². The maximum Gasteiger partial charge on any atom is 0.130 e. The van der Waals surface area contributed by atoms with Crippen LogP contribution >= 0.6 is 0 Å². The fourth-order valence-corrected chi connectivity index (χ4v) is 1.79. The highest BCUT2D eigenvalue weighted by Crippen LogP contribution is 2.26. The zero-order valence-electron chi connectivity index (χ0n) is 10.9. The van der Waals surface area contributed by atoms with E-state index in [1.165, 1.54) is 18.2 Å². The number of rotatable bonds is 4. The van der Waals surface area contributed by atoms with Crippen molar-refractivity contribution in [2.45, 2.75) is 26.6 Å². The van der Waals surface area contributed by atoms with Crippen LogP contribution in [0.4, 0.5) is 4.39 Å². The minimum absolute atomic E-state index is 0.246. The second-order valence-electron chi connectivity index (χ2n) is 4.41. The van der Waals surface area contributed by atoms with Gasteiger partial charge in [-0.15, -0.1) is 0 Å². The molecule has 0 bridgehead atoms. The van der Waals surface area contributed by atoms with Crippen LogP contribution in [0.25, 0.3) is 0 Å². The normalized spacial score (nSPS) is 12.2. The summed E-state index contributed by atoms with van der Waals surface area (Å²) in [6.45, 7) is 3.80. The maximum atomic E-state index is 13.2. The number of aliphatic hydroxyl groups is 1. The molecule has 2 rings (SSSR count). The number of aryl methyl sites for hydroxylation is 1. The molecule has 1 heterocycles. The van der Waals surface area contributed by atoms with Gasteiger partial charge in [-0.2, -0.15) is 0 Å². The molecule has 1 N–H and O–H groups in total. The standard InChI is InChI=1S/C15H16FNO2/c1-10-4-3-7-17-14(10)9-19-15-8-12(16)5-6-13(15)11(2)18/h3-8,11,18H,9H2,1-2H3/t11-/m0/s1. The number of aliphatic hydroxyl groups excluding tert-OH is 1. The molecule has 4 heteroatoms. The molecule has 0 fully saturated rings. The predicted molar refractivity (Wildman–Crippen MR) is 70.3 cm³/mol. The van der Waals surface area contributed by atoms with Crippen LogP contribution < -0.4 is 4.74 Å². The van der Waals surface area contributed by atoms with E-state index in [0.29, 0.717) is 11.3 Å². The molecular weight excluding hydrogens is 245 g/mol. The van der Waals surface area contributed by atoms with Crippen molar-refractivity contribution in [1.29, 1.82) is 0 Å². The van der Waals surface area contributed by atoms with Crippen LogP contribution in [-0.2, 0) is 6.61 Å². The number of aromatic nitrogens is 1. The van der Waals surface area contributed by atoms with Crippen LogP contribution in [0.3, 0.4) is 0 Å². The quantitative estimate of drug-likeness (QED) is 0.919. The Kier molecular flexibility index (Phi) is 4.12. The van der Waals surface area contributed by atoms with Gasteiger partial charge in [0.2, 0.25) is 0 Å². The van der Waals surface area contributed by atoms with Crippen molar-refractivity contribution in [2.75, 3.05) is 0 Å². The lowest BCUT2D eigenvalue weighted by Gasteiger charge is -2.14. The van der Waals surface area contributed by atoms with Gasteiger partial charge in [-0.3, -0.25) is 4.98 Å². The largest absolute Gasteiger partial charge is 0.487 e. The zero-order chi connectivity index (χ0) is 13.8. The second kappa shape index (κ2) is 5.80. The molecule has 0 unspecified atom stereocenters. The van der Waals surface area contributed by atoms with Gasteiger partial charge in [0.25, 0.3) is 0 Å². The zero-order valence-corrected chi connectivity index (χ0v) is 10.9. The highest BCUT2D eigenvalue weighted by Gasteiger charge is 2.11. The van der Waals surface area contributed by atoms with Crippen molar-refractivity contribution >= 4 is 0 Å². The molecule has 1 aromatic heterocycles. The monoisotopic (exact) mass is 261 g/mol. The summed E-state index contributed by atoms with van der Waals surface area (Å²) < 4.78 is 18.8. The Morgan fingerprint density at radius 1 is 1.37 bits per heavy atom. The summed E-state index contributed by atoms with van der Waals surface area (Å²) in [6, 6.07) is 7.90. The molecule has 0 aliphatic rings. The van der Waals surface area contributed by atoms with Crippen molar-refractivity contribution in [1.82, 2.24) is 4.98 Å². The second-order valence-corrected chi connectivity index (χ2v) is 4.41. The Balaban J connectivity index is 2.19. The minimum Gasteiger partial charge on any atom is -0.487 e. The molecule has 0 saturated heterocycles. The summed E-state index contributed by atoms with van der Waals surface area (Å²) >= 11 is 0. The van der Waals surface area contributed by atoms with E-state index in [4.69, 9.17) is 4.74 Å². The van der Waals surface area contributed by atoms with E-state index >= 15 is 0 Å². The first kappa shape index (κ1) is 13.5. The molecule has 0 amide bonds. The van der Waals surface area contributed by atoms with Gasteiger partial charge < -0.3 is 9.84 Å². The molecule has 3 nitrogen and oxygen atoms in total. The van der Waals surface area contributed by atoms with E-state index < -0.39 is 11.9 Å². The van der Waals surface area contributed by atoms with E-state index in [9.17, 15) is 9.50 Å². The number of halogens is 1. The lowest BCUT2D eigenvalue weighted by atomic mass is 10.1. The number of hydrogen-bond acceptors (Lipinski definition) is 3. The van der Waals surface area contributed by atoms with Crippen LogP contribution in [0.15, 0.2) is 36.5 Å². The van der Waals surface area contributed by atoms with Gasteiger partial charge in [-0.1, -0.05) is 6.07 Å². The topological polar surface area (TPSA) is 42.4 Å². The van der Waals surface area contributed by atoms with Crippen LogP contribution in [-0.4, -0.2) is 10.1 Å². The lowest BCUT2D eigenvalue weighted by Crippen LogP contribution is -2.04. The number of pyridine rings is 1. The van der Waals surface area contributed by atoms with Crippen molar-refractivity contribution < 1.29 is 14.2 Å². The number of ether oxygens (including phenoxy) is 1. The molecule has 0 spiro atoms. The molecule has 1 aromatic carbocycles. The van der Waals surface area contributed by atoms with E-state index in [1.807, 2.05) is 19.1 Å². The van der Waals surface area contributed by atoms with Crippen LogP contribution in [0.5, 0.6) is 5.75 Å². The van der Waals surface area contributed by atoms with Crippen molar-refractivity contribution in [3.05, 3.63) is 59.2 Å². The first-order valence-corrected chi connectivity index (χ1v) is 6.08. The third-order valence-corrected chi connectivity index (χ3v) is 2.91. The Morgan fingerprint density at radius 2 is 2.16 bits per heavy atom. The highest BCUT2D eigenvalue weighted by molar-refractivity contribution is 5.35. The number of benzene rings is 1. The molecule has 2 aromatic rings. The Morgan fingerprint density at radius 3 is 2.84 bits per heavy atom. The summed E-state index contributed by atoms with van der Waals surface area (Å²) in [5.41, 5.74) is 2.37. The predicted octanol–water partition coefficient (Wildman–Crippen LogP) is 3.16. The van der Waals surface area contributed by atoms with Gasteiger partial charge in [0.15, 0.2) is 0 Å². The fraction of sp³-hybridized carbons (Fsp3) is 0.267. The minimum atomic E-state index is -0.708. The smallest absolute Gasteiger partial charge is 0.130 e. The van der Waals surface area contributed by atoms with Gasteiger partial charge in [-0.25, -0.2) is 4.39 Å². The average molecular weight is 261 g/mol. The van der Waals surface area contributed by atoms with Crippen molar-refractivity contribution in [3.8, 4) is 5.75 Å². The van der Waals surface area contributed by atoms with E-state index in [1.54, 1.807) is 13.1 Å². The molecule has 19 heavy (non-hydrogen) atoms. The number of nitrogens with zero attached hydrogens (tertiary/aromatic N) is 1. The summed E-state index contributed by atoms with van der Waals surface area (Å²) in [4.78, 5) is 4.21. The maximum absolute atomic E-state index is 13.2. The van der Waals surface area contributed by atoms with Crippen molar-refractivity contribution in [3.63, 3.8) is 0 Å². The van der Waals surface area contributed by atoms with Crippen LogP contribution in [0, 0.1) is 12.7 Å². The Hall–Kier alpha value is -1.94. The third kappa shape index (κ3) is 3.29. The molecule has 0 saturated carbocycles. The Bertz CT molecular complexity index is 570. The van der Waals surface area contributed by atoms with Crippen molar-refractivity contribution in [2.24, 2.45) is 0 Å².